The van der Waals surface area contributed by atoms with Crippen LogP contribution in [-0.2, 0) is 11.3 Å². The fourth-order valence-electron chi connectivity index (χ4n) is 1.29. The summed E-state index contributed by atoms with van der Waals surface area (Å²) in [4.78, 5) is 7.25. The van der Waals surface area contributed by atoms with Crippen LogP contribution in [0.4, 0.5) is 0 Å². The first-order chi connectivity index (χ1) is 5.92. The number of hydrogen-bond donors (Lipinski definition) is 1. The van der Waals surface area contributed by atoms with Crippen LogP contribution in [-0.4, -0.2) is 17.1 Å². The van der Waals surface area contributed by atoms with E-state index < -0.39 is 0 Å². The maximum atomic E-state index is 5.05. The van der Waals surface area contributed by atoms with Gasteiger partial charge in [-0.1, -0.05) is 0 Å². The van der Waals surface area contributed by atoms with Crippen LogP contribution >= 0.6 is 0 Å². The highest BCUT2D eigenvalue weighted by Gasteiger charge is 2.01. The Kier molecular flexibility index (Phi) is 1.80. The number of methoxy groups -OCH3 is 1. The predicted octanol–water partition coefficient (Wildman–Crippen LogP) is 1.71. The summed E-state index contributed by atoms with van der Waals surface area (Å²) >= 11 is 0. The number of nitrogens with one attached hydrogen (secondary N) is 1. The maximum Gasteiger partial charge on any atom is 0.137 e. The zero-order chi connectivity index (χ0) is 8.39. The molecule has 0 atom stereocenters. The molecule has 0 fully saturated rings. The van der Waals surface area contributed by atoms with Crippen LogP contribution in [0.25, 0.3) is 11.0 Å². The van der Waals surface area contributed by atoms with Gasteiger partial charge in [-0.15, -0.1) is 0 Å². The molecule has 62 valence electrons. The normalized spacial score (nSPS) is 10.8. The molecule has 0 unspecified atom stereocenters. The number of fused-ring (bicyclic) bond motifs is 1. The fraction of sp³-hybridized carbons (Fsp3) is 0.222. The van der Waals surface area contributed by atoms with Crippen LogP contribution in [0.1, 0.15) is 5.56 Å². The number of H-pyrrole nitrogens is 1. The molecule has 3 heteroatoms. The van der Waals surface area contributed by atoms with Crippen LogP contribution in [0.5, 0.6) is 0 Å². The molecule has 0 radical (unpaired) electrons. The number of hydrogen-bond acceptors (Lipinski definition) is 2. The van der Waals surface area contributed by atoms with Gasteiger partial charge in [0.1, 0.15) is 5.65 Å². The molecule has 0 saturated heterocycles. The average molecular weight is 162 g/mol. The minimum absolute atomic E-state index is 0.631. The molecule has 2 rings (SSSR count). The standard InChI is InChI=1S/C9H10N2O/c1-12-6-7-5-11-9-8(7)3-2-4-10-9/h2-5H,6H2,1H3,(H,10,11). The van der Waals surface area contributed by atoms with E-state index in [0.717, 1.165) is 16.6 Å². The van der Waals surface area contributed by atoms with Gasteiger partial charge in [0.15, 0.2) is 0 Å². The molecule has 0 saturated carbocycles. The van der Waals surface area contributed by atoms with Gasteiger partial charge in [0.25, 0.3) is 0 Å². The van der Waals surface area contributed by atoms with E-state index >= 15 is 0 Å². The molecule has 0 aliphatic heterocycles. The number of nitrogens with zero attached hydrogens (tertiary/aromatic N) is 1. The van der Waals surface area contributed by atoms with Gasteiger partial charge >= 0.3 is 0 Å². The van der Waals surface area contributed by atoms with Gasteiger partial charge in [-0.2, -0.15) is 0 Å². The first-order valence-electron chi connectivity index (χ1n) is 3.81. The number of rotatable bonds is 2. The van der Waals surface area contributed by atoms with Gasteiger partial charge in [-0.25, -0.2) is 4.98 Å². The first-order valence-corrected chi connectivity index (χ1v) is 3.81. The lowest BCUT2D eigenvalue weighted by atomic mass is 10.2. The van der Waals surface area contributed by atoms with Gasteiger partial charge < -0.3 is 9.72 Å². The third-order valence-electron chi connectivity index (χ3n) is 1.84. The predicted molar refractivity (Wildman–Crippen MR) is 46.8 cm³/mol. The Bertz CT molecular complexity index is 381. The Morgan fingerprint density at radius 3 is 3.33 bits per heavy atom. The quantitative estimate of drug-likeness (QED) is 0.730. The second-order valence-corrected chi connectivity index (χ2v) is 2.65. The van der Waals surface area contributed by atoms with Crippen molar-refractivity contribution in [3.05, 3.63) is 30.1 Å². The molecule has 0 aromatic carbocycles. The van der Waals surface area contributed by atoms with Gasteiger partial charge in [0, 0.05) is 30.5 Å². The average Bonchev–Trinajstić information content (AvgIpc) is 2.50. The van der Waals surface area contributed by atoms with Gasteiger partial charge in [-0.05, 0) is 12.1 Å². The molecule has 3 nitrogen and oxygen atoms in total. The van der Waals surface area contributed by atoms with E-state index in [-0.39, 0.29) is 0 Å². The lowest BCUT2D eigenvalue weighted by Crippen LogP contribution is -1.84. The Hall–Kier alpha value is -1.35. The Morgan fingerprint density at radius 1 is 1.58 bits per heavy atom. The third-order valence-corrected chi connectivity index (χ3v) is 1.84. The number of aromatic nitrogens is 2. The molecular formula is C9H10N2O. The Morgan fingerprint density at radius 2 is 2.50 bits per heavy atom. The van der Waals surface area contributed by atoms with E-state index in [9.17, 15) is 0 Å². The fourth-order valence-corrected chi connectivity index (χ4v) is 1.29. The van der Waals surface area contributed by atoms with E-state index in [1.165, 1.54) is 0 Å². The molecule has 0 amide bonds. The highest BCUT2D eigenvalue weighted by molar-refractivity contribution is 5.79. The van der Waals surface area contributed by atoms with Crippen molar-refractivity contribution < 1.29 is 4.74 Å². The smallest absolute Gasteiger partial charge is 0.137 e. The summed E-state index contributed by atoms with van der Waals surface area (Å²) in [6.07, 6.45) is 3.70. The van der Waals surface area contributed by atoms with Crippen LogP contribution in [0.15, 0.2) is 24.5 Å². The van der Waals surface area contributed by atoms with Crippen LogP contribution < -0.4 is 0 Å². The second-order valence-electron chi connectivity index (χ2n) is 2.65. The van der Waals surface area contributed by atoms with Crippen LogP contribution in [0, 0.1) is 0 Å². The summed E-state index contributed by atoms with van der Waals surface area (Å²) in [7, 11) is 1.69. The SMILES string of the molecule is COCc1c[nH]c2ncccc12. The van der Waals surface area contributed by atoms with Gasteiger partial charge in [0.2, 0.25) is 0 Å². The summed E-state index contributed by atoms with van der Waals surface area (Å²) in [6.45, 7) is 0.631. The molecule has 1 N–H and O–H groups in total. The Balaban J connectivity index is 2.55. The lowest BCUT2D eigenvalue weighted by Gasteiger charge is -1.94. The number of aromatic amines is 1. The van der Waals surface area contributed by atoms with Gasteiger partial charge in [0.05, 0.1) is 6.61 Å². The molecule has 2 aromatic heterocycles. The molecule has 2 aromatic rings. The number of pyridine rings is 1. The van der Waals surface area contributed by atoms with Crippen molar-refractivity contribution in [1.29, 1.82) is 0 Å². The van der Waals surface area contributed by atoms with Crippen molar-refractivity contribution in [2.24, 2.45) is 0 Å². The summed E-state index contributed by atoms with van der Waals surface area (Å²) in [5, 5.41) is 1.14. The molecule has 0 aliphatic rings. The van der Waals surface area contributed by atoms with Crippen molar-refractivity contribution in [2.75, 3.05) is 7.11 Å². The van der Waals surface area contributed by atoms with Crippen molar-refractivity contribution in [3.8, 4) is 0 Å². The topological polar surface area (TPSA) is 37.9 Å². The molecule has 0 bridgehead atoms. The molecule has 0 spiro atoms. The van der Waals surface area contributed by atoms with Crippen LogP contribution in [0.2, 0.25) is 0 Å². The highest BCUT2D eigenvalue weighted by atomic mass is 16.5. The summed E-state index contributed by atoms with van der Waals surface area (Å²) in [5.74, 6) is 0. The Labute approximate surface area is 70.4 Å². The third kappa shape index (κ3) is 1.08. The van der Waals surface area contributed by atoms with E-state index in [0.29, 0.717) is 6.61 Å². The van der Waals surface area contributed by atoms with Crippen molar-refractivity contribution >= 4 is 11.0 Å². The zero-order valence-electron chi connectivity index (χ0n) is 6.87. The molecule has 2 heterocycles. The summed E-state index contributed by atoms with van der Waals surface area (Å²) in [6, 6.07) is 3.96. The van der Waals surface area contributed by atoms with E-state index in [4.69, 9.17) is 4.74 Å². The maximum absolute atomic E-state index is 5.05. The minimum Gasteiger partial charge on any atom is -0.380 e. The monoisotopic (exact) mass is 162 g/mol. The molecular weight excluding hydrogens is 152 g/mol. The van der Waals surface area contributed by atoms with Crippen molar-refractivity contribution in [3.63, 3.8) is 0 Å². The summed E-state index contributed by atoms with van der Waals surface area (Å²) in [5.41, 5.74) is 2.07. The van der Waals surface area contributed by atoms with Crippen LogP contribution in [0.3, 0.4) is 0 Å². The van der Waals surface area contributed by atoms with E-state index in [1.807, 2.05) is 18.3 Å². The van der Waals surface area contributed by atoms with E-state index in [1.54, 1.807) is 13.3 Å². The minimum atomic E-state index is 0.631. The molecule has 0 aliphatic carbocycles. The summed E-state index contributed by atoms with van der Waals surface area (Å²) < 4.78 is 5.05. The zero-order valence-corrected chi connectivity index (χ0v) is 6.87. The number of ether oxygens (including phenoxy) is 1. The largest absolute Gasteiger partial charge is 0.380 e. The lowest BCUT2D eigenvalue weighted by molar-refractivity contribution is 0.186. The second kappa shape index (κ2) is 2.95. The highest BCUT2D eigenvalue weighted by Crippen LogP contribution is 2.15. The van der Waals surface area contributed by atoms with Crippen molar-refractivity contribution in [1.82, 2.24) is 9.97 Å². The van der Waals surface area contributed by atoms with Gasteiger partial charge in [-0.3, -0.25) is 0 Å². The van der Waals surface area contributed by atoms with E-state index in [2.05, 4.69) is 9.97 Å². The van der Waals surface area contributed by atoms with Crippen molar-refractivity contribution in [2.45, 2.75) is 6.61 Å². The first kappa shape index (κ1) is 7.31. The molecule has 12 heavy (non-hydrogen) atoms.